The fourth-order valence-electron chi connectivity index (χ4n) is 10.9. The average Bonchev–Trinajstić information content (AvgIpc) is 3.62. The van der Waals surface area contributed by atoms with Gasteiger partial charge in [0.05, 0.1) is 26.4 Å². The van der Waals surface area contributed by atoms with Gasteiger partial charge in [0.25, 0.3) is 0 Å². The molecule has 0 spiro atoms. The van der Waals surface area contributed by atoms with Crippen molar-refractivity contribution in [3.63, 3.8) is 0 Å². The molecule has 0 aliphatic rings. The molecule has 0 rings (SSSR count). The molecule has 0 aromatic rings. The van der Waals surface area contributed by atoms with Crippen molar-refractivity contribution in [3.8, 4) is 0 Å². The summed E-state index contributed by atoms with van der Waals surface area (Å²) in [5, 5.41) is 10.6. The summed E-state index contributed by atoms with van der Waals surface area (Å²) in [6.45, 7) is 4.90. The summed E-state index contributed by atoms with van der Waals surface area (Å²) in [4.78, 5) is 72.4. The smallest absolute Gasteiger partial charge is 0.462 e. The Kier molecular flexibility index (Phi) is 64.3. The maximum absolute atomic E-state index is 13.0. The van der Waals surface area contributed by atoms with Gasteiger partial charge < -0.3 is 33.8 Å². The molecule has 17 nitrogen and oxygen atoms in total. The third-order valence-electron chi connectivity index (χ3n) is 16.6. The first-order chi connectivity index (χ1) is 43.7. The Morgan fingerprint density at radius 1 is 0.267 bits per heavy atom. The number of carbonyl (C=O) groups is 4. The van der Waals surface area contributed by atoms with Crippen molar-refractivity contribution in [2.75, 3.05) is 39.6 Å². The topological polar surface area (TPSA) is 237 Å². The molecule has 534 valence electrons. The van der Waals surface area contributed by atoms with Gasteiger partial charge >= 0.3 is 39.5 Å². The molecule has 0 radical (unpaired) electrons. The molecule has 0 aliphatic carbocycles. The number of hydrogen-bond donors (Lipinski definition) is 3. The molecule has 0 aliphatic heterocycles. The molecule has 0 saturated carbocycles. The predicted molar refractivity (Wildman–Crippen MR) is 363 cm³/mol. The van der Waals surface area contributed by atoms with Crippen molar-refractivity contribution in [2.45, 2.75) is 393 Å². The van der Waals surface area contributed by atoms with Crippen LogP contribution in [0.25, 0.3) is 0 Å². The monoisotopic (exact) mass is 1320 g/mol. The fourth-order valence-corrected chi connectivity index (χ4v) is 12.4. The van der Waals surface area contributed by atoms with Gasteiger partial charge in [0.2, 0.25) is 0 Å². The van der Waals surface area contributed by atoms with Gasteiger partial charge in [-0.25, -0.2) is 9.13 Å². The lowest BCUT2D eigenvalue weighted by atomic mass is 10.0. The Bertz CT molecular complexity index is 1720. The number of ether oxygens (including phenoxy) is 4. The van der Waals surface area contributed by atoms with Crippen molar-refractivity contribution >= 4 is 39.5 Å². The maximum Gasteiger partial charge on any atom is 0.472 e. The largest absolute Gasteiger partial charge is 0.472 e. The summed E-state index contributed by atoms with van der Waals surface area (Å²) in [7, 11) is -9.89. The van der Waals surface area contributed by atoms with Gasteiger partial charge in [-0.1, -0.05) is 323 Å². The number of aliphatic hydroxyl groups excluding tert-OH is 1. The second kappa shape index (κ2) is 65.7. The SMILES string of the molecule is CCCCCCCCCCCCCCCCCCCCCCC(=O)O[C@H](COC(=O)CCCCCCCCCCCCCCC)COP(=O)(O)OC[C@@H](O)COP(=O)(O)OC[C@@H](COC(=O)CCCCCCCCC)OC(=O)CCCCCCCCCCCC. The van der Waals surface area contributed by atoms with E-state index in [0.717, 1.165) is 103 Å². The zero-order valence-electron chi connectivity index (χ0n) is 58.1. The van der Waals surface area contributed by atoms with Crippen LogP contribution in [0.5, 0.6) is 0 Å². The lowest BCUT2D eigenvalue weighted by Gasteiger charge is -2.21. The number of phosphoric acid groups is 2. The number of unbranched alkanes of at least 4 members (excludes halogenated alkanes) is 46. The van der Waals surface area contributed by atoms with E-state index < -0.39 is 97.5 Å². The Labute approximate surface area is 549 Å². The van der Waals surface area contributed by atoms with Crippen molar-refractivity contribution < 1.29 is 80.2 Å². The van der Waals surface area contributed by atoms with Gasteiger partial charge in [-0.2, -0.15) is 0 Å². The van der Waals surface area contributed by atoms with Crippen LogP contribution in [0.15, 0.2) is 0 Å². The number of phosphoric ester groups is 2. The van der Waals surface area contributed by atoms with Crippen molar-refractivity contribution in [2.24, 2.45) is 0 Å². The standard InChI is InChI=1S/C71H138O17P2/c1-5-9-13-17-21-24-27-29-30-31-32-33-34-35-37-39-42-46-50-54-58-71(76)88-67(62-82-69(74)56-52-48-44-41-38-36-28-25-22-18-14-10-6-2)64-86-90(79,80)84-60-65(72)59-83-89(77,78)85-63-66(61-81-68(73)55-51-47-43-20-16-12-8-4)87-70(75)57-53-49-45-40-26-23-19-15-11-7-3/h65-67,72H,5-64H2,1-4H3,(H,77,78)(H,79,80)/t65-,66+,67+/m0/s1. The molecular weight excluding hydrogens is 1190 g/mol. The molecule has 19 heteroatoms. The second-order valence-electron chi connectivity index (χ2n) is 25.6. The van der Waals surface area contributed by atoms with Crippen LogP contribution in [0, 0.1) is 0 Å². The van der Waals surface area contributed by atoms with Crippen LogP contribution < -0.4 is 0 Å². The molecule has 0 heterocycles. The number of rotatable bonds is 72. The molecule has 0 aromatic heterocycles. The van der Waals surface area contributed by atoms with E-state index in [2.05, 4.69) is 27.7 Å². The highest BCUT2D eigenvalue weighted by atomic mass is 31.2. The van der Waals surface area contributed by atoms with Crippen LogP contribution >= 0.6 is 15.6 Å². The number of esters is 4. The third kappa shape index (κ3) is 64.8. The molecular formula is C71H138O17P2. The molecule has 90 heavy (non-hydrogen) atoms. The summed E-state index contributed by atoms with van der Waals surface area (Å²) in [5.41, 5.74) is 0. The van der Waals surface area contributed by atoms with E-state index in [1.807, 2.05) is 0 Å². The number of hydrogen-bond acceptors (Lipinski definition) is 15. The first-order valence-electron chi connectivity index (χ1n) is 37.3. The molecule has 0 aromatic carbocycles. The molecule has 2 unspecified atom stereocenters. The Balaban J connectivity index is 5.15. The van der Waals surface area contributed by atoms with Crippen LogP contribution in [0.2, 0.25) is 0 Å². The average molecular weight is 1330 g/mol. The van der Waals surface area contributed by atoms with Gasteiger partial charge in [0, 0.05) is 25.7 Å². The summed E-state index contributed by atoms with van der Waals surface area (Å²) >= 11 is 0. The second-order valence-corrected chi connectivity index (χ2v) is 28.5. The summed E-state index contributed by atoms with van der Waals surface area (Å²) in [6.07, 6.45) is 54.3. The van der Waals surface area contributed by atoms with E-state index in [1.165, 1.54) is 193 Å². The first kappa shape index (κ1) is 88.1. The maximum atomic E-state index is 13.0. The van der Waals surface area contributed by atoms with E-state index in [9.17, 15) is 43.2 Å². The highest BCUT2D eigenvalue weighted by Crippen LogP contribution is 2.45. The number of aliphatic hydroxyl groups is 1. The highest BCUT2D eigenvalue weighted by Gasteiger charge is 2.30. The Hall–Kier alpha value is -1.94. The van der Waals surface area contributed by atoms with Gasteiger partial charge in [-0.3, -0.25) is 37.3 Å². The Morgan fingerprint density at radius 2 is 0.444 bits per heavy atom. The lowest BCUT2D eigenvalue weighted by molar-refractivity contribution is -0.161. The lowest BCUT2D eigenvalue weighted by Crippen LogP contribution is -2.30. The van der Waals surface area contributed by atoms with Gasteiger partial charge in [0.15, 0.2) is 12.2 Å². The summed E-state index contributed by atoms with van der Waals surface area (Å²) in [6, 6.07) is 0. The summed E-state index contributed by atoms with van der Waals surface area (Å²) < 4.78 is 68.2. The van der Waals surface area contributed by atoms with E-state index in [4.69, 9.17) is 37.0 Å². The van der Waals surface area contributed by atoms with E-state index in [0.29, 0.717) is 25.7 Å². The van der Waals surface area contributed by atoms with Crippen LogP contribution in [0.4, 0.5) is 0 Å². The van der Waals surface area contributed by atoms with Gasteiger partial charge in [-0.05, 0) is 25.7 Å². The highest BCUT2D eigenvalue weighted by molar-refractivity contribution is 7.47. The fraction of sp³-hybridized carbons (Fsp3) is 0.944. The quantitative estimate of drug-likeness (QED) is 0.0222. The van der Waals surface area contributed by atoms with Crippen LogP contribution in [0.1, 0.15) is 374 Å². The van der Waals surface area contributed by atoms with Gasteiger partial charge in [0.1, 0.15) is 19.3 Å². The Morgan fingerprint density at radius 3 is 0.656 bits per heavy atom. The summed E-state index contributed by atoms with van der Waals surface area (Å²) in [5.74, 6) is -2.12. The van der Waals surface area contributed by atoms with Crippen molar-refractivity contribution in [1.29, 1.82) is 0 Å². The van der Waals surface area contributed by atoms with E-state index in [1.54, 1.807) is 0 Å². The van der Waals surface area contributed by atoms with Crippen LogP contribution in [-0.2, 0) is 65.4 Å². The molecule has 0 fully saturated rings. The van der Waals surface area contributed by atoms with Crippen molar-refractivity contribution in [3.05, 3.63) is 0 Å². The molecule has 0 bridgehead atoms. The zero-order chi connectivity index (χ0) is 66.1. The number of carbonyl (C=O) groups excluding carboxylic acids is 4. The minimum absolute atomic E-state index is 0.107. The van der Waals surface area contributed by atoms with Crippen LogP contribution in [-0.4, -0.2) is 96.7 Å². The third-order valence-corrected chi connectivity index (χ3v) is 18.5. The predicted octanol–water partition coefficient (Wildman–Crippen LogP) is 20.7. The van der Waals surface area contributed by atoms with Crippen molar-refractivity contribution in [1.82, 2.24) is 0 Å². The zero-order valence-corrected chi connectivity index (χ0v) is 59.9. The van der Waals surface area contributed by atoms with E-state index in [-0.39, 0.29) is 25.7 Å². The molecule has 5 atom stereocenters. The van der Waals surface area contributed by atoms with E-state index >= 15 is 0 Å². The normalized spacial score (nSPS) is 14.0. The first-order valence-corrected chi connectivity index (χ1v) is 40.3. The molecule has 0 saturated heterocycles. The molecule has 3 N–H and O–H groups in total. The molecule has 0 amide bonds. The van der Waals surface area contributed by atoms with Gasteiger partial charge in [-0.15, -0.1) is 0 Å². The van der Waals surface area contributed by atoms with Crippen LogP contribution in [0.3, 0.4) is 0 Å². The minimum atomic E-state index is -4.95. The minimum Gasteiger partial charge on any atom is -0.462 e.